The van der Waals surface area contributed by atoms with Gasteiger partial charge in [-0.3, -0.25) is 14.7 Å². The Kier molecular flexibility index (Phi) is 5.27. The number of aromatic nitrogens is 1. The van der Waals surface area contributed by atoms with Crippen LogP contribution in [-0.2, 0) is 0 Å². The van der Waals surface area contributed by atoms with E-state index in [9.17, 15) is 4.79 Å². The van der Waals surface area contributed by atoms with Crippen LogP contribution >= 0.6 is 23.2 Å². The third kappa shape index (κ3) is 3.62. The highest BCUT2D eigenvalue weighted by molar-refractivity contribution is 6.44. The second-order valence-corrected chi connectivity index (χ2v) is 8.68. The van der Waals surface area contributed by atoms with Gasteiger partial charge in [-0.05, 0) is 55.8 Å². The van der Waals surface area contributed by atoms with Gasteiger partial charge in [0.25, 0.3) is 5.91 Å². The summed E-state index contributed by atoms with van der Waals surface area (Å²) in [5.74, 6) is -0.285. The lowest BCUT2D eigenvalue weighted by Crippen LogP contribution is -2.50. The van der Waals surface area contributed by atoms with Crippen LogP contribution in [0.1, 0.15) is 23.2 Å². The lowest BCUT2D eigenvalue weighted by Gasteiger charge is -2.39. The summed E-state index contributed by atoms with van der Waals surface area (Å²) < 4.78 is 0. The monoisotopic (exact) mass is 440 g/mol. The van der Waals surface area contributed by atoms with Crippen LogP contribution in [-0.4, -0.2) is 48.0 Å². The Hall–Kier alpha value is -2.34. The van der Waals surface area contributed by atoms with Gasteiger partial charge in [-0.2, -0.15) is 0 Å². The van der Waals surface area contributed by atoms with Gasteiger partial charge in [0, 0.05) is 48.6 Å². The lowest BCUT2D eigenvalue weighted by molar-refractivity contribution is 0.102. The minimum absolute atomic E-state index is 0.259. The predicted octanol–water partition coefficient (Wildman–Crippen LogP) is 5.08. The standard InChI is InChI=1S/C23H22Cl2N4O/c24-19-5-1-4-17(22(19)25)23(30)27-15-6-7-20-18(13-15)21(8-9-26-20)29-12-11-28-10-2-3-16(28)14-29/h1,4-9,13,16H,2-3,10-12,14H2,(H,27,30). The number of nitrogens with one attached hydrogen (secondary N) is 1. The molecule has 154 valence electrons. The SMILES string of the molecule is O=C(Nc1ccc2nccc(N3CCN4CCCC4C3)c2c1)c1cccc(Cl)c1Cl. The number of halogens is 2. The summed E-state index contributed by atoms with van der Waals surface area (Å²) in [6, 6.07) is 13.6. The smallest absolute Gasteiger partial charge is 0.257 e. The lowest BCUT2D eigenvalue weighted by atomic mass is 10.1. The molecule has 30 heavy (non-hydrogen) atoms. The van der Waals surface area contributed by atoms with Crippen LogP contribution in [0.3, 0.4) is 0 Å². The maximum Gasteiger partial charge on any atom is 0.257 e. The number of anilines is 2. The molecule has 1 atom stereocenters. The van der Waals surface area contributed by atoms with E-state index in [-0.39, 0.29) is 10.9 Å². The Morgan fingerprint density at radius 3 is 2.90 bits per heavy atom. The molecule has 3 heterocycles. The molecule has 7 heteroatoms. The largest absolute Gasteiger partial charge is 0.368 e. The average molecular weight is 441 g/mol. The molecule has 0 radical (unpaired) electrons. The summed E-state index contributed by atoms with van der Waals surface area (Å²) in [5, 5.41) is 4.61. The second kappa shape index (κ2) is 8.06. The minimum atomic E-state index is -0.285. The molecule has 5 rings (SSSR count). The molecule has 2 aromatic carbocycles. The molecule has 2 aliphatic heterocycles. The van der Waals surface area contributed by atoms with E-state index in [1.807, 2.05) is 24.4 Å². The summed E-state index contributed by atoms with van der Waals surface area (Å²) in [7, 11) is 0. The van der Waals surface area contributed by atoms with E-state index in [4.69, 9.17) is 23.2 Å². The van der Waals surface area contributed by atoms with Crippen LogP contribution in [0.4, 0.5) is 11.4 Å². The zero-order valence-electron chi connectivity index (χ0n) is 16.4. The number of fused-ring (bicyclic) bond motifs is 2. The van der Waals surface area contributed by atoms with E-state index in [0.717, 1.165) is 30.5 Å². The van der Waals surface area contributed by atoms with E-state index < -0.39 is 0 Å². The number of carbonyl (C=O) groups is 1. The number of benzene rings is 2. The van der Waals surface area contributed by atoms with Gasteiger partial charge in [0.1, 0.15) is 0 Å². The van der Waals surface area contributed by atoms with Crippen LogP contribution in [0.25, 0.3) is 10.9 Å². The van der Waals surface area contributed by atoms with Crippen molar-refractivity contribution in [3.05, 3.63) is 64.3 Å². The number of carbonyl (C=O) groups excluding carboxylic acids is 1. The molecule has 2 fully saturated rings. The van der Waals surface area contributed by atoms with Crippen LogP contribution in [0.5, 0.6) is 0 Å². The molecule has 2 aliphatic rings. The summed E-state index contributed by atoms with van der Waals surface area (Å²) in [5.41, 5.74) is 3.15. The molecule has 0 spiro atoms. The minimum Gasteiger partial charge on any atom is -0.368 e. The number of hydrogen-bond donors (Lipinski definition) is 1. The number of rotatable bonds is 3. The Morgan fingerprint density at radius 1 is 1.10 bits per heavy atom. The molecule has 0 saturated carbocycles. The number of nitrogens with zero attached hydrogens (tertiary/aromatic N) is 3. The number of hydrogen-bond acceptors (Lipinski definition) is 4. The molecule has 0 aliphatic carbocycles. The summed E-state index contributed by atoms with van der Waals surface area (Å²) in [6.07, 6.45) is 4.42. The molecule has 0 bridgehead atoms. The van der Waals surface area contributed by atoms with Gasteiger partial charge in [-0.1, -0.05) is 29.3 Å². The Labute approximate surface area is 185 Å². The Balaban J connectivity index is 1.44. The van der Waals surface area contributed by atoms with Crippen molar-refractivity contribution >= 4 is 51.4 Å². The van der Waals surface area contributed by atoms with Crippen molar-refractivity contribution in [1.29, 1.82) is 0 Å². The quantitative estimate of drug-likeness (QED) is 0.616. The highest BCUT2D eigenvalue weighted by Crippen LogP contribution is 2.32. The zero-order valence-corrected chi connectivity index (χ0v) is 18.0. The van der Waals surface area contributed by atoms with E-state index in [1.165, 1.54) is 25.1 Å². The molecule has 1 unspecified atom stereocenters. The van der Waals surface area contributed by atoms with Crippen LogP contribution < -0.4 is 10.2 Å². The van der Waals surface area contributed by atoms with Crippen molar-refractivity contribution in [2.75, 3.05) is 36.4 Å². The third-order valence-electron chi connectivity index (χ3n) is 6.10. The fourth-order valence-corrected chi connectivity index (χ4v) is 4.96. The van der Waals surface area contributed by atoms with Crippen molar-refractivity contribution in [3.63, 3.8) is 0 Å². The van der Waals surface area contributed by atoms with Gasteiger partial charge in [-0.15, -0.1) is 0 Å². The topological polar surface area (TPSA) is 48.5 Å². The van der Waals surface area contributed by atoms with Gasteiger partial charge < -0.3 is 10.2 Å². The van der Waals surface area contributed by atoms with Crippen molar-refractivity contribution in [2.45, 2.75) is 18.9 Å². The first-order valence-corrected chi connectivity index (χ1v) is 11.0. The van der Waals surface area contributed by atoms with Gasteiger partial charge in [-0.25, -0.2) is 0 Å². The molecular formula is C23H22Cl2N4O. The predicted molar refractivity (Wildman–Crippen MR) is 123 cm³/mol. The maximum absolute atomic E-state index is 12.7. The van der Waals surface area contributed by atoms with Crippen molar-refractivity contribution in [2.24, 2.45) is 0 Å². The summed E-state index contributed by atoms with van der Waals surface area (Å²) in [6.45, 7) is 4.36. The summed E-state index contributed by atoms with van der Waals surface area (Å²) >= 11 is 12.3. The molecule has 1 amide bonds. The van der Waals surface area contributed by atoms with Crippen LogP contribution in [0, 0.1) is 0 Å². The van der Waals surface area contributed by atoms with E-state index in [1.54, 1.807) is 18.2 Å². The van der Waals surface area contributed by atoms with E-state index in [2.05, 4.69) is 26.2 Å². The fourth-order valence-electron chi connectivity index (χ4n) is 4.57. The van der Waals surface area contributed by atoms with Gasteiger partial charge >= 0.3 is 0 Å². The first-order valence-electron chi connectivity index (χ1n) is 10.2. The molecule has 1 N–H and O–H groups in total. The van der Waals surface area contributed by atoms with E-state index in [0.29, 0.717) is 22.3 Å². The molecular weight excluding hydrogens is 419 g/mol. The number of pyridine rings is 1. The maximum atomic E-state index is 12.7. The van der Waals surface area contributed by atoms with Gasteiger partial charge in [0.2, 0.25) is 0 Å². The summed E-state index contributed by atoms with van der Waals surface area (Å²) in [4.78, 5) is 22.3. The molecule has 5 nitrogen and oxygen atoms in total. The second-order valence-electron chi connectivity index (χ2n) is 7.90. The zero-order chi connectivity index (χ0) is 20.7. The Morgan fingerprint density at radius 2 is 2.00 bits per heavy atom. The fraction of sp³-hybridized carbons (Fsp3) is 0.304. The van der Waals surface area contributed by atoms with Crippen LogP contribution in [0.2, 0.25) is 10.0 Å². The first kappa shape index (κ1) is 19.6. The highest BCUT2D eigenvalue weighted by atomic mass is 35.5. The normalized spacial score (nSPS) is 19.1. The molecule has 1 aromatic heterocycles. The number of piperazine rings is 1. The van der Waals surface area contributed by atoms with Gasteiger partial charge in [0.15, 0.2) is 0 Å². The average Bonchev–Trinajstić information content (AvgIpc) is 3.23. The van der Waals surface area contributed by atoms with Crippen molar-refractivity contribution in [3.8, 4) is 0 Å². The highest BCUT2D eigenvalue weighted by Gasteiger charge is 2.31. The Bertz CT molecular complexity index is 1120. The molecule has 2 saturated heterocycles. The van der Waals surface area contributed by atoms with E-state index >= 15 is 0 Å². The van der Waals surface area contributed by atoms with Crippen molar-refractivity contribution in [1.82, 2.24) is 9.88 Å². The van der Waals surface area contributed by atoms with Gasteiger partial charge in [0.05, 0.1) is 21.1 Å². The van der Waals surface area contributed by atoms with Crippen molar-refractivity contribution < 1.29 is 4.79 Å². The van der Waals surface area contributed by atoms with Crippen LogP contribution in [0.15, 0.2) is 48.7 Å². The number of amides is 1. The third-order valence-corrected chi connectivity index (χ3v) is 6.92. The molecule has 3 aromatic rings. The first-order chi connectivity index (χ1) is 14.6.